The highest BCUT2D eigenvalue weighted by Gasteiger charge is 2.15. The SMILES string of the molecule is O=C(O)Cc1cn(-c2ccc(F)cc2)c2cc(Cl)c(F)cc2c1=O. The van der Waals surface area contributed by atoms with Crippen LogP contribution in [0.2, 0.25) is 5.02 Å². The predicted octanol–water partition coefficient (Wildman–Crippen LogP) is 3.55. The number of aliphatic carboxylic acids is 1. The Bertz CT molecular complexity index is 1010. The van der Waals surface area contributed by atoms with Gasteiger partial charge in [-0.2, -0.15) is 0 Å². The first-order valence-corrected chi connectivity index (χ1v) is 7.25. The number of fused-ring (bicyclic) bond motifs is 1. The zero-order valence-electron chi connectivity index (χ0n) is 12.1. The molecule has 1 heterocycles. The third-order valence-electron chi connectivity index (χ3n) is 3.57. The summed E-state index contributed by atoms with van der Waals surface area (Å²) >= 11 is 5.80. The summed E-state index contributed by atoms with van der Waals surface area (Å²) in [6.07, 6.45) is 0.834. The van der Waals surface area contributed by atoms with Crippen molar-refractivity contribution in [3.63, 3.8) is 0 Å². The minimum absolute atomic E-state index is 0.0000231. The number of pyridine rings is 1. The van der Waals surface area contributed by atoms with Gasteiger partial charge >= 0.3 is 5.97 Å². The maximum atomic E-state index is 13.8. The van der Waals surface area contributed by atoms with Gasteiger partial charge in [0.2, 0.25) is 0 Å². The van der Waals surface area contributed by atoms with Gasteiger partial charge in [0, 0.05) is 22.8 Å². The molecule has 0 spiro atoms. The lowest BCUT2D eigenvalue weighted by molar-refractivity contribution is -0.136. The van der Waals surface area contributed by atoms with Crippen LogP contribution in [0.3, 0.4) is 0 Å². The number of aromatic nitrogens is 1. The van der Waals surface area contributed by atoms with E-state index in [1.807, 2.05) is 0 Å². The Balaban J connectivity index is 2.39. The molecule has 0 amide bonds. The molecular weight excluding hydrogens is 340 g/mol. The van der Waals surface area contributed by atoms with Gasteiger partial charge in [-0.15, -0.1) is 0 Å². The predicted molar refractivity (Wildman–Crippen MR) is 85.8 cm³/mol. The number of carbonyl (C=O) groups is 1. The van der Waals surface area contributed by atoms with Crippen molar-refractivity contribution in [2.75, 3.05) is 0 Å². The molecule has 0 radical (unpaired) electrons. The quantitative estimate of drug-likeness (QED) is 0.786. The molecule has 0 aliphatic rings. The van der Waals surface area contributed by atoms with E-state index in [1.165, 1.54) is 41.1 Å². The van der Waals surface area contributed by atoms with Crippen molar-refractivity contribution in [1.82, 2.24) is 4.57 Å². The number of carboxylic acids is 1. The molecule has 0 fully saturated rings. The highest BCUT2D eigenvalue weighted by molar-refractivity contribution is 6.31. The van der Waals surface area contributed by atoms with Gasteiger partial charge in [-0.05, 0) is 36.4 Å². The zero-order valence-corrected chi connectivity index (χ0v) is 12.8. The van der Waals surface area contributed by atoms with Crippen molar-refractivity contribution in [1.29, 1.82) is 0 Å². The van der Waals surface area contributed by atoms with Gasteiger partial charge in [-0.1, -0.05) is 11.6 Å². The number of nitrogens with zero attached hydrogens (tertiary/aromatic N) is 1. The Morgan fingerprint density at radius 3 is 2.46 bits per heavy atom. The number of carboxylic acid groups (broad SMARTS) is 1. The minimum Gasteiger partial charge on any atom is -0.481 e. The number of benzene rings is 2. The van der Waals surface area contributed by atoms with Crippen molar-refractivity contribution in [2.24, 2.45) is 0 Å². The fraction of sp³-hybridized carbons (Fsp3) is 0.0588. The lowest BCUT2D eigenvalue weighted by atomic mass is 10.1. The molecule has 0 unspecified atom stereocenters. The summed E-state index contributed by atoms with van der Waals surface area (Å²) in [7, 11) is 0. The summed E-state index contributed by atoms with van der Waals surface area (Å²) in [6.45, 7) is 0. The van der Waals surface area contributed by atoms with Crippen molar-refractivity contribution in [3.8, 4) is 5.69 Å². The van der Waals surface area contributed by atoms with E-state index in [2.05, 4.69) is 0 Å². The van der Waals surface area contributed by atoms with E-state index < -0.39 is 29.5 Å². The summed E-state index contributed by atoms with van der Waals surface area (Å²) in [5.41, 5.74) is 0.185. The molecule has 7 heteroatoms. The molecule has 1 N–H and O–H groups in total. The average molecular weight is 350 g/mol. The topological polar surface area (TPSA) is 59.3 Å². The van der Waals surface area contributed by atoms with Crippen LogP contribution < -0.4 is 5.43 Å². The van der Waals surface area contributed by atoms with Gasteiger partial charge in [0.25, 0.3) is 0 Å². The van der Waals surface area contributed by atoms with E-state index in [-0.39, 0.29) is 16.0 Å². The van der Waals surface area contributed by atoms with Gasteiger partial charge in [0.05, 0.1) is 17.0 Å². The van der Waals surface area contributed by atoms with Gasteiger partial charge in [-0.3, -0.25) is 9.59 Å². The van der Waals surface area contributed by atoms with Crippen LogP contribution in [-0.2, 0) is 11.2 Å². The van der Waals surface area contributed by atoms with E-state index in [1.54, 1.807) is 0 Å². The highest BCUT2D eigenvalue weighted by Crippen LogP contribution is 2.24. The van der Waals surface area contributed by atoms with Crippen LogP contribution in [-0.4, -0.2) is 15.6 Å². The van der Waals surface area contributed by atoms with Crippen molar-refractivity contribution in [2.45, 2.75) is 6.42 Å². The molecule has 122 valence electrons. The van der Waals surface area contributed by atoms with Crippen LogP contribution in [0.4, 0.5) is 8.78 Å². The van der Waals surface area contributed by atoms with Crippen molar-refractivity contribution in [3.05, 3.63) is 75.0 Å². The maximum absolute atomic E-state index is 13.8. The second kappa shape index (κ2) is 6.05. The molecule has 0 atom stereocenters. The number of hydrogen-bond acceptors (Lipinski definition) is 2. The molecule has 3 aromatic rings. The molecule has 0 aliphatic carbocycles. The minimum atomic E-state index is -1.19. The summed E-state index contributed by atoms with van der Waals surface area (Å²) in [5, 5.41) is 8.79. The van der Waals surface area contributed by atoms with E-state index in [9.17, 15) is 18.4 Å². The molecule has 2 aromatic carbocycles. The molecule has 0 bridgehead atoms. The van der Waals surface area contributed by atoms with Gasteiger partial charge in [0.1, 0.15) is 11.6 Å². The molecule has 4 nitrogen and oxygen atoms in total. The average Bonchev–Trinajstić information content (AvgIpc) is 2.53. The lowest BCUT2D eigenvalue weighted by Crippen LogP contribution is -2.17. The Morgan fingerprint density at radius 2 is 1.83 bits per heavy atom. The van der Waals surface area contributed by atoms with E-state index in [0.717, 1.165) is 6.07 Å². The van der Waals surface area contributed by atoms with Crippen LogP contribution >= 0.6 is 11.6 Å². The molecule has 0 saturated heterocycles. The monoisotopic (exact) mass is 349 g/mol. The number of halogens is 3. The van der Waals surface area contributed by atoms with Gasteiger partial charge in [0.15, 0.2) is 5.43 Å². The smallest absolute Gasteiger partial charge is 0.308 e. The summed E-state index contributed by atoms with van der Waals surface area (Å²) < 4.78 is 28.4. The van der Waals surface area contributed by atoms with Crippen LogP contribution in [0.5, 0.6) is 0 Å². The largest absolute Gasteiger partial charge is 0.481 e. The van der Waals surface area contributed by atoms with Crippen molar-refractivity contribution >= 4 is 28.5 Å². The fourth-order valence-corrected chi connectivity index (χ4v) is 2.64. The molecule has 24 heavy (non-hydrogen) atoms. The summed E-state index contributed by atoms with van der Waals surface area (Å²) in [6, 6.07) is 7.62. The second-order valence-corrected chi connectivity index (χ2v) is 5.59. The lowest BCUT2D eigenvalue weighted by Gasteiger charge is -2.14. The van der Waals surface area contributed by atoms with E-state index in [0.29, 0.717) is 11.2 Å². The maximum Gasteiger partial charge on any atom is 0.308 e. The molecule has 0 saturated carbocycles. The van der Waals surface area contributed by atoms with Crippen LogP contribution in [0.15, 0.2) is 47.4 Å². The van der Waals surface area contributed by atoms with Crippen molar-refractivity contribution < 1.29 is 18.7 Å². The third-order valence-corrected chi connectivity index (χ3v) is 3.86. The van der Waals surface area contributed by atoms with E-state index >= 15 is 0 Å². The Kier molecular flexibility index (Phi) is 4.07. The third kappa shape index (κ3) is 2.88. The molecular formula is C17H10ClF2NO3. The number of rotatable bonds is 3. The first-order valence-electron chi connectivity index (χ1n) is 6.88. The van der Waals surface area contributed by atoms with Crippen LogP contribution in [0.25, 0.3) is 16.6 Å². The first-order chi connectivity index (χ1) is 11.4. The number of hydrogen-bond donors (Lipinski definition) is 1. The Hall–Kier alpha value is -2.73. The second-order valence-electron chi connectivity index (χ2n) is 5.18. The molecule has 1 aromatic heterocycles. The van der Waals surface area contributed by atoms with Crippen LogP contribution in [0, 0.1) is 11.6 Å². The van der Waals surface area contributed by atoms with Crippen LogP contribution in [0.1, 0.15) is 5.56 Å². The molecule has 3 rings (SSSR count). The zero-order chi connectivity index (χ0) is 17.4. The molecule has 0 aliphatic heterocycles. The fourth-order valence-electron chi connectivity index (χ4n) is 2.48. The normalized spacial score (nSPS) is 11.0. The van der Waals surface area contributed by atoms with Gasteiger partial charge in [-0.25, -0.2) is 8.78 Å². The van der Waals surface area contributed by atoms with E-state index in [4.69, 9.17) is 16.7 Å². The summed E-state index contributed by atoms with van der Waals surface area (Å²) in [5.74, 6) is -2.41. The Labute approximate surface area is 139 Å². The first kappa shape index (κ1) is 16.1. The summed E-state index contributed by atoms with van der Waals surface area (Å²) in [4.78, 5) is 23.4. The standard InChI is InChI=1S/C17H10ClF2NO3/c18-13-7-15-12(6-14(13)20)17(24)9(5-16(22)23)8-21(15)11-3-1-10(19)2-4-11/h1-4,6-8H,5H2,(H,22,23). The highest BCUT2D eigenvalue weighted by atomic mass is 35.5. The van der Waals surface area contributed by atoms with Gasteiger partial charge < -0.3 is 9.67 Å². The Morgan fingerprint density at radius 1 is 1.17 bits per heavy atom.